The lowest BCUT2D eigenvalue weighted by Gasteiger charge is -2.39. The first-order valence-corrected chi connectivity index (χ1v) is 15.4. The van der Waals surface area contributed by atoms with Gasteiger partial charge in [0.25, 0.3) is 0 Å². The van der Waals surface area contributed by atoms with Crippen LogP contribution in [-0.4, -0.2) is 68.0 Å². The van der Waals surface area contributed by atoms with Gasteiger partial charge in [0.2, 0.25) is 15.9 Å². The topological polar surface area (TPSA) is 87.0 Å². The molecule has 0 spiro atoms. The summed E-state index contributed by atoms with van der Waals surface area (Å²) < 4.78 is 34.4. The van der Waals surface area contributed by atoms with Gasteiger partial charge in [0, 0.05) is 50.9 Å². The zero-order valence-electron chi connectivity index (χ0n) is 23.8. The number of piperidine rings is 1. The quantitative estimate of drug-likeness (QED) is 0.428. The molecule has 2 fully saturated rings. The Morgan fingerprint density at radius 2 is 1.52 bits per heavy atom. The SMILES string of the molecule is Cc1cc(C)c(/C=C/c2onc(C)c2S(=O)(=O)N2CCC(C(=O)N3CCN(c4ccccc4)CC3)CC2)c(C)c1. The molecule has 2 aliphatic heterocycles. The third-order valence-electron chi connectivity index (χ3n) is 8.09. The van der Waals surface area contributed by atoms with Crippen LogP contribution in [0.25, 0.3) is 12.2 Å². The number of hydrogen-bond acceptors (Lipinski definition) is 6. The maximum absolute atomic E-state index is 13.7. The normalized spacial score (nSPS) is 17.6. The highest BCUT2D eigenvalue weighted by Crippen LogP contribution is 2.30. The number of para-hydroxylation sites is 1. The summed E-state index contributed by atoms with van der Waals surface area (Å²) >= 11 is 0. The first kappa shape index (κ1) is 28.1. The van der Waals surface area contributed by atoms with Gasteiger partial charge in [-0.15, -0.1) is 0 Å². The Balaban J connectivity index is 1.23. The van der Waals surface area contributed by atoms with Crippen LogP contribution in [0.15, 0.2) is 51.9 Å². The lowest BCUT2D eigenvalue weighted by atomic mass is 9.96. The van der Waals surface area contributed by atoms with Gasteiger partial charge in [-0.2, -0.15) is 4.31 Å². The van der Waals surface area contributed by atoms with E-state index >= 15 is 0 Å². The van der Waals surface area contributed by atoms with Crippen LogP contribution in [0.3, 0.4) is 0 Å². The van der Waals surface area contributed by atoms with Crippen LogP contribution in [0.5, 0.6) is 0 Å². The van der Waals surface area contributed by atoms with Crippen molar-refractivity contribution in [3.8, 4) is 0 Å². The van der Waals surface area contributed by atoms with Crippen LogP contribution in [0.4, 0.5) is 5.69 Å². The van der Waals surface area contributed by atoms with Gasteiger partial charge in [-0.05, 0) is 75.4 Å². The highest BCUT2D eigenvalue weighted by Gasteiger charge is 2.37. The fraction of sp³-hybridized carbons (Fsp3) is 0.419. The summed E-state index contributed by atoms with van der Waals surface area (Å²) in [6, 6.07) is 14.5. The van der Waals surface area contributed by atoms with Gasteiger partial charge < -0.3 is 14.3 Å². The van der Waals surface area contributed by atoms with Gasteiger partial charge in [0.1, 0.15) is 5.69 Å². The van der Waals surface area contributed by atoms with Gasteiger partial charge in [-0.25, -0.2) is 8.42 Å². The molecule has 2 aromatic carbocycles. The summed E-state index contributed by atoms with van der Waals surface area (Å²) in [5, 5.41) is 3.98. The second kappa shape index (κ2) is 11.6. The number of benzene rings is 2. The van der Waals surface area contributed by atoms with E-state index in [1.807, 2.05) is 43.0 Å². The molecule has 1 aromatic heterocycles. The highest BCUT2D eigenvalue weighted by molar-refractivity contribution is 7.89. The van der Waals surface area contributed by atoms with Crippen LogP contribution < -0.4 is 4.90 Å². The lowest BCUT2D eigenvalue weighted by Crippen LogP contribution is -2.52. The zero-order valence-corrected chi connectivity index (χ0v) is 24.6. The Hall–Kier alpha value is -3.43. The van der Waals surface area contributed by atoms with E-state index in [1.165, 1.54) is 15.6 Å². The predicted octanol–water partition coefficient (Wildman–Crippen LogP) is 4.83. The molecule has 5 rings (SSSR count). The molecule has 0 N–H and O–H groups in total. The summed E-state index contributed by atoms with van der Waals surface area (Å²) in [5.41, 5.74) is 5.96. The molecule has 0 aliphatic carbocycles. The molecule has 0 bridgehead atoms. The molecular weight excluding hydrogens is 524 g/mol. The molecule has 40 heavy (non-hydrogen) atoms. The first-order valence-electron chi connectivity index (χ1n) is 14.0. The third kappa shape index (κ3) is 5.71. The number of piperazine rings is 1. The van der Waals surface area contributed by atoms with E-state index in [9.17, 15) is 13.2 Å². The molecule has 9 heteroatoms. The second-order valence-electron chi connectivity index (χ2n) is 10.9. The van der Waals surface area contributed by atoms with E-state index in [0.29, 0.717) is 44.7 Å². The molecule has 2 aliphatic rings. The van der Waals surface area contributed by atoms with Crippen LogP contribution in [0, 0.1) is 33.6 Å². The summed E-state index contributed by atoms with van der Waals surface area (Å²) in [4.78, 5) is 17.6. The predicted molar refractivity (Wildman–Crippen MR) is 158 cm³/mol. The van der Waals surface area contributed by atoms with Crippen molar-refractivity contribution >= 4 is 33.8 Å². The third-order valence-corrected chi connectivity index (χ3v) is 10.1. The van der Waals surface area contributed by atoms with Crippen LogP contribution in [0.2, 0.25) is 0 Å². The van der Waals surface area contributed by atoms with Crippen LogP contribution >= 0.6 is 0 Å². The molecule has 8 nitrogen and oxygen atoms in total. The maximum Gasteiger partial charge on any atom is 0.248 e. The summed E-state index contributed by atoms with van der Waals surface area (Å²) in [6.45, 7) is 11.3. The second-order valence-corrected chi connectivity index (χ2v) is 12.8. The summed E-state index contributed by atoms with van der Waals surface area (Å²) in [6.07, 6.45) is 4.61. The lowest BCUT2D eigenvalue weighted by molar-refractivity contribution is -0.137. The van der Waals surface area contributed by atoms with E-state index in [-0.39, 0.29) is 22.5 Å². The number of aryl methyl sites for hydroxylation is 4. The van der Waals surface area contributed by atoms with Gasteiger partial charge in [0.05, 0.1) is 0 Å². The number of sulfonamides is 1. The Kier molecular flexibility index (Phi) is 8.14. The van der Waals surface area contributed by atoms with Crippen molar-refractivity contribution in [1.29, 1.82) is 0 Å². The smallest absolute Gasteiger partial charge is 0.248 e. The molecule has 212 valence electrons. The van der Waals surface area contributed by atoms with Crippen molar-refractivity contribution < 1.29 is 17.7 Å². The molecule has 2 saturated heterocycles. The van der Waals surface area contributed by atoms with Crippen molar-refractivity contribution in [2.24, 2.45) is 5.92 Å². The first-order chi connectivity index (χ1) is 19.1. The van der Waals surface area contributed by atoms with E-state index in [1.54, 1.807) is 13.0 Å². The van der Waals surface area contributed by atoms with Crippen LogP contribution in [-0.2, 0) is 14.8 Å². The van der Waals surface area contributed by atoms with Gasteiger partial charge in [-0.1, -0.05) is 47.1 Å². The van der Waals surface area contributed by atoms with Crippen molar-refractivity contribution in [3.63, 3.8) is 0 Å². The van der Waals surface area contributed by atoms with E-state index in [2.05, 4.69) is 41.2 Å². The number of amides is 1. The standard InChI is InChI=1S/C31H38N4O4S/c1-22-20-23(2)28(24(3)21-22)10-11-29-30(25(4)32-39-29)40(37,38)35-14-12-26(13-15-35)31(36)34-18-16-33(17-19-34)27-8-6-5-7-9-27/h5-11,20-21,26H,12-19H2,1-4H3/b11-10+. The molecule has 0 radical (unpaired) electrons. The summed E-state index contributed by atoms with van der Waals surface area (Å²) in [5.74, 6) is 0.204. The van der Waals surface area contributed by atoms with E-state index < -0.39 is 10.0 Å². The van der Waals surface area contributed by atoms with E-state index in [4.69, 9.17) is 4.52 Å². The van der Waals surface area contributed by atoms with Crippen molar-refractivity contribution in [3.05, 3.63) is 76.2 Å². The van der Waals surface area contributed by atoms with Crippen molar-refractivity contribution in [1.82, 2.24) is 14.4 Å². The van der Waals surface area contributed by atoms with Crippen LogP contribution in [0.1, 0.15) is 46.5 Å². The van der Waals surface area contributed by atoms with Crippen molar-refractivity contribution in [2.75, 3.05) is 44.2 Å². The molecule has 0 unspecified atom stereocenters. The highest BCUT2D eigenvalue weighted by atomic mass is 32.2. The molecule has 0 saturated carbocycles. The number of nitrogens with zero attached hydrogens (tertiary/aromatic N) is 4. The number of hydrogen-bond donors (Lipinski definition) is 0. The number of carbonyl (C=O) groups is 1. The Labute approximate surface area is 237 Å². The molecule has 1 amide bonds. The van der Waals surface area contributed by atoms with Gasteiger partial charge >= 0.3 is 0 Å². The van der Waals surface area contributed by atoms with E-state index in [0.717, 1.165) is 29.8 Å². The van der Waals surface area contributed by atoms with Crippen molar-refractivity contribution in [2.45, 2.75) is 45.4 Å². The molecule has 3 heterocycles. The largest absolute Gasteiger partial charge is 0.368 e. The minimum atomic E-state index is -3.83. The number of carbonyl (C=O) groups excluding carboxylic acids is 1. The number of anilines is 1. The summed E-state index contributed by atoms with van der Waals surface area (Å²) in [7, 11) is -3.83. The minimum absolute atomic E-state index is 0.105. The molecule has 3 aromatic rings. The fourth-order valence-electron chi connectivity index (χ4n) is 5.97. The van der Waals surface area contributed by atoms with Gasteiger partial charge in [0.15, 0.2) is 10.7 Å². The average Bonchev–Trinajstić information content (AvgIpc) is 3.33. The molecule has 0 atom stereocenters. The number of rotatable bonds is 6. The number of aromatic nitrogens is 1. The Morgan fingerprint density at radius 3 is 2.15 bits per heavy atom. The molecular formula is C31H38N4O4S. The minimum Gasteiger partial charge on any atom is -0.368 e. The zero-order chi connectivity index (χ0) is 28.4. The fourth-order valence-corrected chi connectivity index (χ4v) is 7.69. The average molecular weight is 563 g/mol. The Morgan fingerprint density at radius 1 is 0.900 bits per heavy atom. The Bertz CT molecular complexity index is 1470. The maximum atomic E-state index is 13.7. The monoisotopic (exact) mass is 562 g/mol. The van der Waals surface area contributed by atoms with Gasteiger partial charge in [-0.3, -0.25) is 4.79 Å².